The molecule has 0 heterocycles. The van der Waals surface area contributed by atoms with Crippen molar-refractivity contribution < 1.29 is 13.2 Å². The summed E-state index contributed by atoms with van der Waals surface area (Å²) in [5.41, 5.74) is 21.1. The standard InChI is InChI=1S/2C17H14.C11H14.C10H14.C8H7F3.C8H10/c1-13-7-2-4-10-15(13)17-12-6-9-14-8-3-5-11-16(14)17;1-13-6-4-9-15(12-13)17-11-5-8-14-7-2-3-10-16(14)17;1-9-5-4-7-10-6-2-3-8-11(9)10;1-7-5-8(2)10(4)9(3)6-7;1-6-2-4-7(5-3-6)8(9,10)11;1-7-3-5-8(2)6-4-7/h2*2-12H,1H3;4-5,7H,2-3,6,8H2,1H3;5-6H,1-4H3;2-5H,1H3;3-6H,1-2H3. The molecule has 0 aliphatic heterocycles. The first-order valence-electron chi connectivity index (χ1n) is 25.9. The van der Waals surface area contributed by atoms with E-state index in [9.17, 15) is 13.2 Å². The molecule has 0 amide bonds. The van der Waals surface area contributed by atoms with E-state index in [1.54, 1.807) is 18.1 Å². The summed E-state index contributed by atoms with van der Waals surface area (Å²) in [6.45, 7) is 21.1. The van der Waals surface area contributed by atoms with E-state index in [1.807, 2.05) is 0 Å². The second-order valence-corrected chi connectivity index (χ2v) is 19.7. The molecule has 378 valence electrons. The molecule has 1 aliphatic rings. The molecule has 0 radical (unpaired) electrons. The highest BCUT2D eigenvalue weighted by Gasteiger charge is 2.29. The zero-order valence-corrected chi connectivity index (χ0v) is 45.2. The third-order valence-electron chi connectivity index (χ3n) is 13.6. The minimum Gasteiger partial charge on any atom is -0.166 e. The van der Waals surface area contributed by atoms with Crippen molar-refractivity contribution in [3.05, 3.63) is 285 Å². The molecule has 0 N–H and O–H groups in total. The number of aryl methyl sites for hydroxylation is 10. The molecule has 0 nitrogen and oxygen atoms in total. The first-order valence-corrected chi connectivity index (χ1v) is 25.9. The molecule has 11 rings (SSSR count). The van der Waals surface area contributed by atoms with Gasteiger partial charge in [0.25, 0.3) is 0 Å². The summed E-state index contributed by atoms with van der Waals surface area (Å²) in [5, 5.41) is 5.24. The third kappa shape index (κ3) is 16.3. The van der Waals surface area contributed by atoms with Gasteiger partial charge >= 0.3 is 6.18 Å². The smallest absolute Gasteiger partial charge is 0.166 e. The largest absolute Gasteiger partial charge is 0.416 e. The van der Waals surface area contributed by atoms with Crippen molar-refractivity contribution in [3.63, 3.8) is 0 Å². The van der Waals surface area contributed by atoms with Crippen LogP contribution in [0.2, 0.25) is 0 Å². The van der Waals surface area contributed by atoms with E-state index in [4.69, 9.17) is 0 Å². The molecular weight excluding hydrogens is 910 g/mol. The maximum Gasteiger partial charge on any atom is 0.416 e. The Hall–Kier alpha value is -7.49. The van der Waals surface area contributed by atoms with Gasteiger partial charge in [-0.05, 0) is 190 Å². The van der Waals surface area contributed by atoms with Gasteiger partial charge in [-0.1, -0.05) is 228 Å². The Morgan fingerprint density at radius 3 is 1.32 bits per heavy atom. The van der Waals surface area contributed by atoms with Crippen molar-refractivity contribution >= 4 is 21.5 Å². The molecule has 74 heavy (non-hydrogen) atoms. The minimum absolute atomic E-state index is 0.594. The first kappa shape index (κ1) is 55.8. The number of alkyl halides is 3. The molecule has 0 spiro atoms. The van der Waals surface area contributed by atoms with Crippen LogP contribution in [0.3, 0.4) is 0 Å². The zero-order chi connectivity index (χ0) is 53.2. The van der Waals surface area contributed by atoms with E-state index >= 15 is 0 Å². The summed E-state index contributed by atoms with van der Waals surface area (Å²) >= 11 is 0. The van der Waals surface area contributed by atoms with Crippen LogP contribution in [0.1, 0.15) is 85.2 Å². The molecule has 0 saturated heterocycles. The molecule has 0 aromatic heterocycles. The van der Waals surface area contributed by atoms with Crippen LogP contribution in [0, 0.1) is 69.2 Å². The number of fused-ring (bicyclic) bond motifs is 3. The first-order chi connectivity index (χ1) is 35.5. The van der Waals surface area contributed by atoms with Gasteiger partial charge in [-0.2, -0.15) is 13.2 Å². The van der Waals surface area contributed by atoms with Crippen LogP contribution in [0.5, 0.6) is 0 Å². The van der Waals surface area contributed by atoms with E-state index in [-0.39, 0.29) is 0 Å². The van der Waals surface area contributed by atoms with Crippen LogP contribution in [0.15, 0.2) is 212 Å². The second kappa shape index (κ2) is 27.0. The number of hydrogen-bond donors (Lipinski definition) is 0. The highest BCUT2D eigenvalue weighted by atomic mass is 19.4. The van der Waals surface area contributed by atoms with Gasteiger partial charge < -0.3 is 0 Å². The van der Waals surface area contributed by atoms with Crippen molar-refractivity contribution in [1.29, 1.82) is 0 Å². The second-order valence-electron chi connectivity index (χ2n) is 19.7. The molecule has 0 bridgehead atoms. The molecule has 1 aliphatic carbocycles. The van der Waals surface area contributed by atoms with Crippen molar-refractivity contribution in [1.82, 2.24) is 0 Å². The molecule has 0 saturated carbocycles. The monoisotopic (exact) mass is 983 g/mol. The predicted molar refractivity (Wildman–Crippen MR) is 314 cm³/mol. The number of benzene rings is 10. The Kier molecular flexibility index (Phi) is 20.4. The zero-order valence-electron chi connectivity index (χ0n) is 45.2. The molecule has 10 aromatic rings. The highest BCUT2D eigenvalue weighted by Crippen LogP contribution is 2.32. The van der Waals surface area contributed by atoms with Crippen molar-refractivity contribution in [2.75, 3.05) is 0 Å². The van der Waals surface area contributed by atoms with Crippen LogP contribution < -0.4 is 0 Å². The lowest BCUT2D eigenvalue weighted by molar-refractivity contribution is -0.137. The van der Waals surface area contributed by atoms with Crippen molar-refractivity contribution in [2.45, 2.75) is 101 Å². The van der Waals surface area contributed by atoms with Crippen molar-refractivity contribution in [3.8, 4) is 22.3 Å². The van der Waals surface area contributed by atoms with Crippen LogP contribution in [0.25, 0.3) is 43.8 Å². The molecule has 0 fully saturated rings. The SMILES string of the molecule is Cc1cc(C)c(C)c(C)c1.Cc1ccc(C(F)(F)F)cc1.Cc1ccc(C)cc1.Cc1cccc(-c2cccc3ccccc23)c1.Cc1cccc2c1CCCC2.Cc1ccccc1-c1cccc2ccccc12. The fourth-order valence-electron chi connectivity index (χ4n) is 9.23. The molecule has 0 atom stereocenters. The number of halogens is 3. The highest BCUT2D eigenvalue weighted by molar-refractivity contribution is 5.98. The van der Waals surface area contributed by atoms with Crippen LogP contribution in [0.4, 0.5) is 13.2 Å². The van der Waals surface area contributed by atoms with Gasteiger partial charge in [0.05, 0.1) is 5.56 Å². The Bertz CT molecular complexity index is 3300. The topological polar surface area (TPSA) is 0 Å². The van der Waals surface area contributed by atoms with E-state index < -0.39 is 11.7 Å². The molecule has 0 unspecified atom stereocenters. The van der Waals surface area contributed by atoms with E-state index in [0.717, 1.165) is 17.7 Å². The summed E-state index contributed by atoms with van der Waals surface area (Å²) in [6.07, 6.45) is 1.17. The summed E-state index contributed by atoms with van der Waals surface area (Å²) in [5.74, 6) is 0. The Morgan fingerprint density at radius 1 is 0.324 bits per heavy atom. The summed E-state index contributed by atoms with van der Waals surface area (Å²) in [6, 6.07) is 71.9. The minimum atomic E-state index is -4.21. The quantitative estimate of drug-likeness (QED) is 0.162. The maximum atomic E-state index is 11.9. The third-order valence-corrected chi connectivity index (χ3v) is 13.6. The summed E-state index contributed by atoms with van der Waals surface area (Å²) < 4.78 is 35.8. The van der Waals surface area contributed by atoms with E-state index in [2.05, 4.69) is 250 Å². The Morgan fingerprint density at radius 2 is 0.770 bits per heavy atom. The van der Waals surface area contributed by atoms with Gasteiger partial charge in [-0.3, -0.25) is 0 Å². The lowest BCUT2D eigenvalue weighted by Crippen LogP contribution is -2.03. The lowest BCUT2D eigenvalue weighted by atomic mass is 9.89. The Labute approximate surface area is 440 Å². The molecular formula is C71H73F3. The van der Waals surface area contributed by atoms with E-state index in [0.29, 0.717) is 0 Å². The van der Waals surface area contributed by atoms with Gasteiger partial charge in [-0.25, -0.2) is 0 Å². The van der Waals surface area contributed by atoms with Crippen LogP contribution >= 0.6 is 0 Å². The number of hydrogen-bond acceptors (Lipinski definition) is 0. The van der Waals surface area contributed by atoms with E-state index in [1.165, 1.54) is 132 Å². The number of rotatable bonds is 2. The summed E-state index contributed by atoms with van der Waals surface area (Å²) in [7, 11) is 0. The average Bonchev–Trinajstić information content (AvgIpc) is 3.40. The van der Waals surface area contributed by atoms with Crippen LogP contribution in [-0.4, -0.2) is 0 Å². The van der Waals surface area contributed by atoms with Crippen molar-refractivity contribution in [2.24, 2.45) is 0 Å². The molecule has 3 heteroatoms. The average molecular weight is 983 g/mol. The van der Waals surface area contributed by atoms with Gasteiger partial charge in [0, 0.05) is 0 Å². The Balaban J connectivity index is 0.000000148. The van der Waals surface area contributed by atoms with Crippen LogP contribution in [-0.2, 0) is 19.0 Å². The van der Waals surface area contributed by atoms with Gasteiger partial charge in [-0.15, -0.1) is 0 Å². The van der Waals surface area contributed by atoms with Gasteiger partial charge in [0.1, 0.15) is 0 Å². The lowest BCUT2D eigenvalue weighted by Gasteiger charge is -2.17. The fourth-order valence-corrected chi connectivity index (χ4v) is 9.23. The maximum absolute atomic E-state index is 11.9. The van der Waals surface area contributed by atoms with Gasteiger partial charge in [0.15, 0.2) is 0 Å². The predicted octanol–water partition coefficient (Wildman–Crippen LogP) is 20.7. The normalized spacial score (nSPS) is 11.4. The fraction of sp³-hybridized carbons (Fsp3) is 0.211. The summed E-state index contributed by atoms with van der Waals surface area (Å²) in [4.78, 5) is 0. The molecule has 10 aromatic carbocycles. The van der Waals surface area contributed by atoms with Gasteiger partial charge in [0.2, 0.25) is 0 Å².